The van der Waals surface area contributed by atoms with Gasteiger partial charge in [-0.05, 0) is 29.9 Å². The normalized spacial score (nSPS) is 14.2. The number of hydrogen-bond donors (Lipinski definition) is 3. The van der Waals surface area contributed by atoms with Crippen LogP contribution in [0.2, 0.25) is 0 Å². The van der Waals surface area contributed by atoms with Crippen molar-refractivity contribution in [3.05, 3.63) is 29.8 Å². The summed E-state index contributed by atoms with van der Waals surface area (Å²) in [7, 11) is 4.04. The molecule has 0 spiro atoms. The molecular weight excluding hydrogens is 352 g/mol. The fourth-order valence-corrected chi connectivity index (χ4v) is 2.74. The summed E-state index contributed by atoms with van der Waals surface area (Å²) < 4.78 is 6.89. The second-order valence-electron chi connectivity index (χ2n) is 6.11. The Morgan fingerprint density at radius 2 is 1.96 bits per heavy atom. The van der Waals surface area contributed by atoms with Crippen LogP contribution in [-0.4, -0.2) is 60.3 Å². The van der Waals surface area contributed by atoms with Gasteiger partial charge in [0.15, 0.2) is 0 Å². The van der Waals surface area contributed by atoms with Crippen molar-refractivity contribution < 1.29 is 4.74 Å². The average molecular weight is 376 g/mol. The van der Waals surface area contributed by atoms with Gasteiger partial charge in [0.05, 0.1) is 13.2 Å². The monoisotopic (exact) mass is 376 g/mol. The lowest BCUT2D eigenvalue weighted by Crippen LogP contribution is -2.38. The lowest BCUT2D eigenvalue weighted by molar-refractivity contribution is 0.122. The molecule has 0 saturated carbocycles. The summed E-state index contributed by atoms with van der Waals surface area (Å²) in [4.78, 5) is 8.71. The number of hydrogen-bond acceptors (Lipinski definition) is 8. The maximum absolute atomic E-state index is 5.47. The number of nitrogens with one attached hydrogen (secondary N) is 2. The van der Waals surface area contributed by atoms with Crippen LogP contribution in [0.25, 0.3) is 0 Å². The number of benzene rings is 1. The zero-order valence-electron chi connectivity index (χ0n) is 15.0. The number of morpholine rings is 1. The molecule has 10 heteroatoms. The van der Waals surface area contributed by atoms with Gasteiger partial charge in [-0.25, -0.2) is 5.84 Å². The topological polar surface area (TPSA) is 96.5 Å². The van der Waals surface area contributed by atoms with E-state index in [0.29, 0.717) is 31.7 Å². The van der Waals surface area contributed by atoms with Crippen molar-refractivity contribution >= 4 is 34.9 Å². The van der Waals surface area contributed by atoms with Gasteiger partial charge in [0.25, 0.3) is 0 Å². The Morgan fingerprint density at radius 1 is 1.27 bits per heavy atom. The van der Waals surface area contributed by atoms with Crippen molar-refractivity contribution in [2.75, 3.05) is 55.5 Å². The van der Waals surface area contributed by atoms with E-state index in [1.807, 2.05) is 14.1 Å². The van der Waals surface area contributed by atoms with E-state index in [4.69, 9.17) is 22.8 Å². The third-order valence-electron chi connectivity index (χ3n) is 4.11. The number of nitrogens with zero attached hydrogens (tertiary/aromatic N) is 5. The first kappa shape index (κ1) is 18.4. The molecule has 0 atom stereocenters. The van der Waals surface area contributed by atoms with Gasteiger partial charge in [0.1, 0.15) is 0 Å². The van der Waals surface area contributed by atoms with Gasteiger partial charge in [-0.3, -0.25) is 5.43 Å². The smallest absolute Gasteiger partial charge is 0.247 e. The molecule has 2 heterocycles. The van der Waals surface area contributed by atoms with Gasteiger partial charge in [0, 0.05) is 39.4 Å². The van der Waals surface area contributed by atoms with Crippen LogP contribution in [0, 0.1) is 0 Å². The molecule has 2 aromatic rings. The summed E-state index contributed by atoms with van der Waals surface area (Å²) in [6, 6.07) is 8.30. The number of nitrogens with two attached hydrogens (primary N) is 1. The van der Waals surface area contributed by atoms with Crippen LogP contribution in [0.4, 0.5) is 17.6 Å². The van der Waals surface area contributed by atoms with Crippen molar-refractivity contribution in [2.45, 2.75) is 6.54 Å². The molecule has 1 saturated heterocycles. The molecule has 9 nitrogen and oxygen atoms in total. The van der Waals surface area contributed by atoms with Crippen LogP contribution in [0.3, 0.4) is 0 Å². The minimum atomic E-state index is 0.280. The standard InChI is InChI=1S/C16H24N8OS/c1-22(2)13-5-3-12(4-6-13)11-18-14-19-15(21-24(14)16(26)20-17)23-7-9-25-10-8-23/h3-6H,7-11,17H2,1-2H3,(H,20,26)(H,18,19,21). The molecule has 3 rings (SSSR count). The Hall–Kier alpha value is -2.43. The number of ether oxygens (including phenoxy) is 1. The first-order valence-electron chi connectivity index (χ1n) is 8.39. The molecular formula is C16H24N8OS. The largest absolute Gasteiger partial charge is 0.378 e. The molecule has 1 aliphatic rings. The van der Waals surface area contributed by atoms with E-state index >= 15 is 0 Å². The summed E-state index contributed by atoms with van der Waals surface area (Å²) in [5.41, 5.74) is 4.74. The fourth-order valence-electron chi connectivity index (χ4n) is 2.61. The van der Waals surface area contributed by atoms with Gasteiger partial charge in [-0.15, -0.1) is 5.10 Å². The first-order chi connectivity index (χ1) is 12.6. The highest BCUT2D eigenvalue weighted by Gasteiger charge is 2.19. The van der Waals surface area contributed by atoms with Crippen LogP contribution in [0.15, 0.2) is 24.3 Å². The second kappa shape index (κ2) is 8.30. The van der Waals surface area contributed by atoms with Crippen LogP contribution < -0.4 is 26.4 Å². The molecule has 0 unspecified atom stereocenters. The van der Waals surface area contributed by atoms with Gasteiger partial charge >= 0.3 is 0 Å². The number of aromatic nitrogens is 3. The Balaban J connectivity index is 1.74. The maximum atomic E-state index is 5.47. The Kier molecular flexibility index (Phi) is 5.86. The molecule has 1 aromatic heterocycles. The molecule has 4 N–H and O–H groups in total. The summed E-state index contributed by atoms with van der Waals surface area (Å²) in [6.45, 7) is 3.42. The summed E-state index contributed by atoms with van der Waals surface area (Å²) in [5, 5.41) is 8.05. The Labute approximate surface area is 158 Å². The van der Waals surface area contributed by atoms with Crippen LogP contribution >= 0.6 is 12.2 Å². The van der Waals surface area contributed by atoms with E-state index in [0.717, 1.165) is 24.3 Å². The highest BCUT2D eigenvalue weighted by Crippen LogP contribution is 2.17. The number of hydrazine groups is 1. The van der Waals surface area contributed by atoms with Crippen LogP contribution in [-0.2, 0) is 11.3 Å². The van der Waals surface area contributed by atoms with E-state index in [1.54, 1.807) is 0 Å². The van der Waals surface area contributed by atoms with E-state index in [1.165, 1.54) is 4.68 Å². The number of rotatable bonds is 5. The van der Waals surface area contributed by atoms with E-state index in [-0.39, 0.29) is 5.11 Å². The van der Waals surface area contributed by atoms with Crippen LogP contribution in [0.1, 0.15) is 5.56 Å². The number of anilines is 3. The van der Waals surface area contributed by atoms with Crippen molar-refractivity contribution in [3.63, 3.8) is 0 Å². The van der Waals surface area contributed by atoms with Gasteiger partial charge in [-0.2, -0.15) is 9.67 Å². The zero-order valence-corrected chi connectivity index (χ0v) is 15.8. The molecule has 1 aromatic carbocycles. The second-order valence-corrected chi connectivity index (χ2v) is 6.50. The van der Waals surface area contributed by atoms with Crippen molar-refractivity contribution in [1.82, 2.24) is 20.2 Å². The summed E-state index contributed by atoms with van der Waals surface area (Å²) in [5.74, 6) is 6.62. The highest BCUT2D eigenvalue weighted by atomic mass is 32.1. The molecule has 1 fully saturated rings. The zero-order chi connectivity index (χ0) is 18.5. The van der Waals surface area contributed by atoms with Gasteiger partial charge in [0.2, 0.25) is 17.0 Å². The number of thiocarbonyl (C=S) groups is 1. The van der Waals surface area contributed by atoms with Crippen molar-refractivity contribution in [2.24, 2.45) is 5.84 Å². The van der Waals surface area contributed by atoms with Crippen molar-refractivity contribution in [1.29, 1.82) is 0 Å². The first-order valence-corrected chi connectivity index (χ1v) is 8.80. The van der Waals surface area contributed by atoms with Crippen molar-refractivity contribution in [3.8, 4) is 0 Å². The van der Waals surface area contributed by atoms with E-state index in [9.17, 15) is 0 Å². The summed E-state index contributed by atoms with van der Waals surface area (Å²) >= 11 is 5.24. The Bertz CT molecular complexity index is 739. The van der Waals surface area contributed by atoms with E-state index < -0.39 is 0 Å². The molecule has 0 radical (unpaired) electrons. The maximum Gasteiger partial charge on any atom is 0.247 e. The minimum Gasteiger partial charge on any atom is -0.378 e. The Morgan fingerprint density at radius 3 is 2.58 bits per heavy atom. The lowest BCUT2D eigenvalue weighted by atomic mass is 10.2. The van der Waals surface area contributed by atoms with E-state index in [2.05, 4.69) is 54.9 Å². The predicted molar refractivity (Wildman–Crippen MR) is 106 cm³/mol. The van der Waals surface area contributed by atoms with Gasteiger partial charge in [-0.1, -0.05) is 12.1 Å². The molecule has 26 heavy (non-hydrogen) atoms. The molecule has 0 aliphatic carbocycles. The summed E-state index contributed by atoms with van der Waals surface area (Å²) in [6.07, 6.45) is 0. The minimum absolute atomic E-state index is 0.280. The third kappa shape index (κ3) is 4.21. The molecule has 0 bridgehead atoms. The molecule has 1 aliphatic heterocycles. The SMILES string of the molecule is CN(C)c1ccc(CNc2nc(N3CCOCC3)nn2C(=S)NN)cc1. The average Bonchev–Trinajstić information content (AvgIpc) is 3.11. The quantitative estimate of drug-likeness (QED) is 0.389. The van der Waals surface area contributed by atoms with Crippen LogP contribution in [0.5, 0.6) is 0 Å². The molecule has 140 valence electrons. The lowest BCUT2D eigenvalue weighted by Gasteiger charge is -2.25. The molecule has 0 amide bonds. The predicted octanol–water partition coefficient (Wildman–Crippen LogP) is 0.389. The van der Waals surface area contributed by atoms with Gasteiger partial charge < -0.3 is 19.9 Å². The fraction of sp³-hybridized carbons (Fsp3) is 0.438. The third-order valence-corrected chi connectivity index (χ3v) is 4.40. The highest BCUT2D eigenvalue weighted by molar-refractivity contribution is 7.80.